The largest absolute Gasteiger partial charge is 0.187 e. The van der Waals surface area contributed by atoms with E-state index in [2.05, 4.69) is 20.4 Å². The molecule has 1 saturated heterocycles. The van der Waals surface area contributed by atoms with Crippen LogP contribution < -0.4 is 5.48 Å². The molecule has 0 unspecified atom stereocenters. The van der Waals surface area contributed by atoms with Crippen molar-refractivity contribution in [3.05, 3.63) is 0 Å². The second-order valence-corrected chi connectivity index (χ2v) is 0.558. The minimum atomic E-state index is 0.306. The van der Waals surface area contributed by atoms with Gasteiger partial charge in [0.25, 0.3) is 0 Å². The average Bonchev–Trinajstić information content (AvgIpc) is 1.76. The van der Waals surface area contributed by atoms with Crippen molar-refractivity contribution in [3.63, 3.8) is 0 Å². The van der Waals surface area contributed by atoms with Gasteiger partial charge in [-0.3, -0.25) is 0 Å². The summed E-state index contributed by atoms with van der Waals surface area (Å²) in [5, 5.41) is 3.83. The summed E-state index contributed by atoms with van der Waals surface area (Å²) < 4.78 is 0. The van der Waals surface area contributed by atoms with E-state index >= 15 is 0 Å². The molecule has 0 aromatic heterocycles. The summed E-state index contributed by atoms with van der Waals surface area (Å²) in [6.45, 7) is 0.306. The van der Waals surface area contributed by atoms with E-state index in [9.17, 15) is 0 Å². The minimum Gasteiger partial charge on any atom is -0.187 e. The second-order valence-electron chi connectivity index (χ2n) is 0.558. The molecule has 0 radical (unpaired) electrons. The maximum Gasteiger partial charge on any atom is 0.161 e. The van der Waals surface area contributed by atoms with E-state index < -0.39 is 0 Å². The van der Waals surface area contributed by atoms with Crippen LogP contribution in [0.25, 0.3) is 0 Å². The van der Waals surface area contributed by atoms with Crippen LogP contribution in [0.15, 0.2) is 0 Å². The molecule has 1 heterocycles. The molecule has 0 aromatic carbocycles. The number of hydroxylamine groups is 1. The summed E-state index contributed by atoms with van der Waals surface area (Å²) in [5.74, 6) is 0. The molecule has 0 saturated carbocycles. The van der Waals surface area contributed by atoms with E-state index in [4.69, 9.17) is 0 Å². The van der Waals surface area contributed by atoms with Crippen molar-refractivity contribution in [1.29, 1.82) is 0 Å². The van der Waals surface area contributed by atoms with E-state index in [0.717, 1.165) is 0 Å². The fraction of sp³-hybridized carbons (Fsp3) is 1.00. The fourth-order valence-corrected chi connectivity index (χ4v) is 0.120. The van der Waals surface area contributed by atoms with E-state index in [1.54, 1.807) is 0 Å². The van der Waals surface area contributed by atoms with Crippen LogP contribution in [0.4, 0.5) is 0 Å². The van der Waals surface area contributed by atoms with Crippen LogP contribution >= 0.6 is 0 Å². The molecule has 0 aliphatic carbocycles. The molecule has 5 heavy (non-hydrogen) atoms. The van der Waals surface area contributed by atoms with Gasteiger partial charge >= 0.3 is 0 Å². The van der Waals surface area contributed by atoms with Crippen LogP contribution in [0.1, 0.15) is 0 Å². The van der Waals surface area contributed by atoms with Gasteiger partial charge in [-0.1, -0.05) is 0 Å². The van der Waals surface area contributed by atoms with Crippen LogP contribution in [0.5, 0.6) is 0 Å². The van der Waals surface area contributed by atoms with Crippen molar-refractivity contribution in [3.8, 4) is 0 Å². The molecular weight excluding hydrogens is 74.0 g/mol. The molecule has 0 amide bonds. The quantitative estimate of drug-likeness (QED) is 0.390. The summed E-state index contributed by atoms with van der Waals surface area (Å²) in [6.07, 6.45) is 0. The summed E-state index contributed by atoms with van der Waals surface area (Å²) in [6, 6.07) is 0. The first-order valence-electron chi connectivity index (χ1n) is 1.18. The molecule has 30 valence electrons. The first-order valence-corrected chi connectivity index (χ1v) is 1.18. The topological polar surface area (TPSA) is 39.7 Å². The monoisotopic (exact) mass is 77.0 g/mol. The Morgan fingerprint density at radius 3 is 2.80 bits per heavy atom. The van der Waals surface area contributed by atoms with E-state index in [-0.39, 0.29) is 0 Å². The molecule has 0 atom stereocenters. The van der Waals surface area contributed by atoms with Gasteiger partial charge in [-0.05, 0) is 5.04 Å². The summed E-state index contributed by atoms with van der Waals surface area (Å²) in [7, 11) is 0. The van der Waals surface area contributed by atoms with Crippen molar-refractivity contribution in [1.82, 2.24) is 5.48 Å². The second kappa shape index (κ2) is 1.32. The summed E-state index contributed by atoms with van der Waals surface area (Å²) in [5.41, 5.74) is 2.28. The number of hydrogen-bond donors (Lipinski definition) is 1. The maximum absolute atomic E-state index is 4.11. The molecule has 1 aliphatic rings. The number of nitrogens with one attached hydrogen (secondary N) is 1. The molecule has 1 fully saturated rings. The Morgan fingerprint density at radius 1 is 1.60 bits per heavy atom. The molecular formula is CH3NO3. The Labute approximate surface area is 28.4 Å². The predicted molar refractivity (Wildman–Crippen MR) is 11.3 cm³/mol. The third-order valence-electron chi connectivity index (χ3n) is 0.259. The molecule has 1 N–H and O–H groups in total. The first kappa shape index (κ1) is 3.05. The highest BCUT2D eigenvalue weighted by Crippen LogP contribution is 1.81. The van der Waals surface area contributed by atoms with Gasteiger partial charge in [0.1, 0.15) is 0 Å². The van der Waals surface area contributed by atoms with Crippen molar-refractivity contribution in [2.24, 2.45) is 0 Å². The highest BCUT2D eigenvalue weighted by atomic mass is 17.6. The van der Waals surface area contributed by atoms with Gasteiger partial charge in [-0.2, -0.15) is 4.89 Å². The van der Waals surface area contributed by atoms with Crippen molar-refractivity contribution < 1.29 is 14.9 Å². The summed E-state index contributed by atoms with van der Waals surface area (Å²) in [4.78, 5) is 8.08. The highest BCUT2D eigenvalue weighted by Gasteiger charge is 1.94. The van der Waals surface area contributed by atoms with E-state index in [0.29, 0.717) is 6.73 Å². The smallest absolute Gasteiger partial charge is 0.161 e. The van der Waals surface area contributed by atoms with Crippen molar-refractivity contribution in [2.45, 2.75) is 0 Å². The lowest BCUT2D eigenvalue weighted by molar-refractivity contribution is -0.464. The predicted octanol–water partition coefficient (Wildman–Crippen LogP) is -0.658. The molecule has 4 nitrogen and oxygen atoms in total. The lowest BCUT2D eigenvalue weighted by Crippen LogP contribution is -2.01. The normalized spacial score (nSPS) is 24.0. The van der Waals surface area contributed by atoms with Gasteiger partial charge in [0.05, 0.1) is 0 Å². The van der Waals surface area contributed by atoms with Gasteiger partial charge in [-0.15, -0.1) is 10.5 Å². The van der Waals surface area contributed by atoms with Crippen LogP contribution in [-0.4, -0.2) is 6.73 Å². The van der Waals surface area contributed by atoms with E-state index in [1.165, 1.54) is 0 Å². The van der Waals surface area contributed by atoms with Crippen molar-refractivity contribution in [2.75, 3.05) is 6.73 Å². The SMILES string of the molecule is C1NOOO1. The number of rotatable bonds is 0. The third kappa shape index (κ3) is 0.555. The molecule has 1 aliphatic heterocycles. The molecule has 1 rings (SSSR count). The molecule has 0 aromatic rings. The Kier molecular flexibility index (Phi) is 0.806. The third-order valence-corrected chi connectivity index (χ3v) is 0.259. The fourth-order valence-electron chi connectivity index (χ4n) is 0.120. The van der Waals surface area contributed by atoms with Crippen LogP contribution in [0, 0.1) is 0 Å². The highest BCUT2D eigenvalue weighted by molar-refractivity contribution is 3.96. The van der Waals surface area contributed by atoms with Gasteiger partial charge in [0, 0.05) is 0 Å². The number of hydrogen-bond acceptors (Lipinski definition) is 4. The zero-order valence-corrected chi connectivity index (χ0v) is 2.43. The molecule has 0 spiro atoms. The first-order chi connectivity index (χ1) is 2.50. The van der Waals surface area contributed by atoms with Gasteiger partial charge < -0.3 is 0 Å². The minimum absolute atomic E-state index is 0.306. The van der Waals surface area contributed by atoms with Crippen LogP contribution in [0.2, 0.25) is 0 Å². The van der Waals surface area contributed by atoms with Gasteiger partial charge in [0.2, 0.25) is 0 Å². The van der Waals surface area contributed by atoms with Crippen molar-refractivity contribution >= 4 is 0 Å². The van der Waals surface area contributed by atoms with Crippen LogP contribution in [0.3, 0.4) is 0 Å². The average molecular weight is 77.0 g/mol. The Bertz CT molecular complexity index is 18.5. The van der Waals surface area contributed by atoms with Gasteiger partial charge in [-0.25, -0.2) is 0 Å². The Morgan fingerprint density at radius 2 is 2.60 bits per heavy atom. The maximum atomic E-state index is 4.11. The molecule has 4 heteroatoms. The van der Waals surface area contributed by atoms with Crippen LogP contribution in [-0.2, 0) is 14.9 Å². The lowest BCUT2D eigenvalue weighted by Gasteiger charge is -1.72. The lowest BCUT2D eigenvalue weighted by atomic mass is 11.4. The summed E-state index contributed by atoms with van der Waals surface area (Å²) >= 11 is 0. The van der Waals surface area contributed by atoms with Gasteiger partial charge in [0.15, 0.2) is 6.73 Å². The van der Waals surface area contributed by atoms with E-state index in [1.807, 2.05) is 0 Å². The Hall–Kier alpha value is -0.160. The standard InChI is InChI=1S/CH3NO3/c1-2-4-5-3-1/h2H,1H2. The molecule has 0 bridgehead atoms. The zero-order chi connectivity index (χ0) is 3.54. The Balaban J connectivity index is 2.08. The zero-order valence-electron chi connectivity index (χ0n) is 2.43.